The summed E-state index contributed by atoms with van der Waals surface area (Å²) in [7, 11) is -2.54. The van der Waals surface area contributed by atoms with Gasteiger partial charge in [0.25, 0.3) is 0 Å². The first kappa shape index (κ1) is 43.6. The Bertz CT molecular complexity index is 781. The molecule has 3 fully saturated rings. The highest BCUT2D eigenvalue weighted by Crippen LogP contribution is 2.63. The Morgan fingerprint density at radius 3 is 1.00 bits per heavy atom. The maximum atomic E-state index is 9.94. The molecule has 0 bridgehead atoms. The molecule has 3 saturated heterocycles. The third kappa shape index (κ3) is 14.2. The highest BCUT2D eigenvalue weighted by Gasteiger charge is 2.76. The monoisotopic (exact) mass is 713 g/mol. The summed E-state index contributed by atoms with van der Waals surface area (Å²) in [4.78, 5) is 19.9. The third-order valence-electron chi connectivity index (χ3n) is 12.4. The van der Waals surface area contributed by atoms with Gasteiger partial charge in [-0.05, 0) is 18.8 Å². The van der Waals surface area contributed by atoms with Crippen LogP contribution in [-0.2, 0) is 18.7 Å². The Labute approximate surface area is 304 Å². The topological polar surface area (TPSA) is 77.4 Å². The lowest BCUT2D eigenvalue weighted by molar-refractivity contribution is -0.452. The van der Waals surface area contributed by atoms with E-state index in [0.29, 0.717) is 25.6 Å². The Kier molecular flexibility index (Phi) is 23.2. The molecule has 0 amide bonds. The van der Waals surface area contributed by atoms with Crippen molar-refractivity contribution in [3.63, 3.8) is 0 Å². The molecule has 3 heterocycles. The summed E-state index contributed by atoms with van der Waals surface area (Å²) < 4.78 is 25.0. The first-order chi connectivity index (χ1) is 24.1. The fourth-order valence-electron chi connectivity index (χ4n) is 9.22. The molecule has 7 heteroatoms. The third-order valence-corrected chi connectivity index (χ3v) is 12.9. The van der Waals surface area contributed by atoms with Crippen molar-refractivity contribution in [3.8, 4) is 0 Å². The highest BCUT2D eigenvalue weighted by atomic mass is 31.2. The van der Waals surface area contributed by atoms with E-state index in [4.69, 9.17) is 18.7 Å². The molecule has 0 radical (unpaired) electrons. The molecule has 0 aliphatic carbocycles. The van der Waals surface area contributed by atoms with E-state index in [0.717, 1.165) is 32.3 Å². The van der Waals surface area contributed by atoms with Gasteiger partial charge in [0, 0.05) is 19.3 Å². The largest absolute Gasteiger partial charge is 0.371 e. The Hall–Kier alpha value is 0.190. The summed E-state index contributed by atoms with van der Waals surface area (Å²) in [6, 6.07) is 0. The maximum absolute atomic E-state index is 9.94. The standard InChI is InChI=1S/C42H81O6P/c1-3-5-7-9-11-13-15-17-18-19-20-22-24-26-28-30-32-39(31-29-27-25-23-21-16-14-12-10-8-6-4-2)40(33-36-45-40)41(34-37-46-41)42(35-38-47-42)48-49(43)44/h39,43-44H,3-38H2,1-2H3. The first-order valence-electron chi connectivity index (χ1n) is 21.8. The van der Waals surface area contributed by atoms with Crippen LogP contribution in [0.3, 0.4) is 0 Å². The second kappa shape index (κ2) is 26.0. The van der Waals surface area contributed by atoms with Crippen LogP contribution in [0.5, 0.6) is 0 Å². The molecule has 6 nitrogen and oxygen atoms in total. The minimum atomic E-state index is -2.54. The molecule has 3 rings (SSSR count). The number of hydrogen-bond donors (Lipinski definition) is 2. The molecule has 3 aliphatic rings. The van der Waals surface area contributed by atoms with Crippen molar-refractivity contribution >= 4 is 8.60 Å². The van der Waals surface area contributed by atoms with Crippen molar-refractivity contribution in [1.29, 1.82) is 0 Å². The highest BCUT2D eigenvalue weighted by molar-refractivity contribution is 7.39. The van der Waals surface area contributed by atoms with Crippen LogP contribution < -0.4 is 0 Å². The van der Waals surface area contributed by atoms with Crippen LogP contribution in [0.1, 0.15) is 226 Å². The van der Waals surface area contributed by atoms with Gasteiger partial charge in [-0.1, -0.05) is 194 Å². The molecule has 0 aromatic carbocycles. The van der Waals surface area contributed by atoms with E-state index in [1.54, 1.807) is 0 Å². The number of ether oxygens (including phenoxy) is 3. The number of hydrogen-bond acceptors (Lipinski definition) is 6. The maximum Gasteiger partial charge on any atom is 0.329 e. The zero-order valence-electron chi connectivity index (χ0n) is 32.5. The fourth-order valence-corrected chi connectivity index (χ4v) is 9.77. The van der Waals surface area contributed by atoms with E-state index in [9.17, 15) is 9.79 Å². The van der Waals surface area contributed by atoms with Crippen LogP contribution in [0.4, 0.5) is 0 Å². The van der Waals surface area contributed by atoms with Gasteiger partial charge < -0.3 is 24.0 Å². The van der Waals surface area contributed by atoms with E-state index in [1.165, 1.54) is 180 Å². The summed E-state index contributed by atoms with van der Waals surface area (Å²) in [5.74, 6) is -0.714. The molecule has 2 N–H and O–H groups in total. The van der Waals surface area contributed by atoms with Gasteiger partial charge in [0.2, 0.25) is 5.79 Å². The summed E-state index contributed by atoms with van der Waals surface area (Å²) in [5.41, 5.74) is -1.19. The summed E-state index contributed by atoms with van der Waals surface area (Å²) in [6.07, 6.45) is 43.2. The van der Waals surface area contributed by atoms with Crippen molar-refractivity contribution in [2.45, 2.75) is 243 Å². The molecule has 4 atom stereocenters. The van der Waals surface area contributed by atoms with E-state index < -0.39 is 25.6 Å². The van der Waals surface area contributed by atoms with E-state index >= 15 is 0 Å². The minimum Gasteiger partial charge on any atom is -0.371 e. The Morgan fingerprint density at radius 1 is 0.469 bits per heavy atom. The predicted octanol–water partition coefficient (Wildman–Crippen LogP) is 13.0. The average Bonchev–Trinajstić information content (AvgIpc) is 3.03. The van der Waals surface area contributed by atoms with Gasteiger partial charge in [0.15, 0.2) is 5.60 Å². The van der Waals surface area contributed by atoms with Gasteiger partial charge in [-0.2, -0.15) is 0 Å². The average molecular weight is 713 g/mol. The second-order valence-corrected chi connectivity index (χ2v) is 16.8. The number of unbranched alkanes of at least 4 members (excludes halogenated alkanes) is 26. The lowest BCUT2D eigenvalue weighted by Gasteiger charge is -2.69. The molecule has 3 aliphatic heterocycles. The Balaban J connectivity index is 1.38. The van der Waals surface area contributed by atoms with Crippen LogP contribution in [0, 0.1) is 5.92 Å². The van der Waals surface area contributed by atoms with Gasteiger partial charge >= 0.3 is 8.60 Å². The molecule has 49 heavy (non-hydrogen) atoms. The van der Waals surface area contributed by atoms with Crippen molar-refractivity contribution in [1.82, 2.24) is 0 Å². The second-order valence-electron chi connectivity index (χ2n) is 16.1. The van der Waals surface area contributed by atoms with Gasteiger partial charge in [-0.15, -0.1) is 0 Å². The molecular formula is C42H81O6P. The molecule has 0 aromatic rings. The van der Waals surface area contributed by atoms with E-state index in [1.807, 2.05) is 0 Å². The molecule has 4 unspecified atom stereocenters. The smallest absolute Gasteiger partial charge is 0.329 e. The lowest BCUT2D eigenvalue weighted by Crippen LogP contribution is -2.82. The van der Waals surface area contributed by atoms with Crippen LogP contribution in [0.2, 0.25) is 0 Å². The molecule has 0 spiro atoms. The number of rotatable bonds is 35. The minimum absolute atomic E-state index is 0.379. The van der Waals surface area contributed by atoms with Crippen molar-refractivity contribution in [2.75, 3.05) is 19.8 Å². The summed E-state index contributed by atoms with van der Waals surface area (Å²) >= 11 is 0. The van der Waals surface area contributed by atoms with Gasteiger partial charge in [-0.3, -0.25) is 4.52 Å². The van der Waals surface area contributed by atoms with Crippen LogP contribution in [0.25, 0.3) is 0 Å². The Morgan fingerprint density at radius 2 is 0.776 bits per heavy atom. The van der Waals surface area contributed by atoms with Crippen LogP contribution in [0.15, 0.2) is 0 Å². The quantitative estimate of drug-likeness (QED) is 0.0503. The van der Waals surface area contributed by atoms with E-state index in [2.05, 4.69) is 13.8 Å². The molecule has 290 valence electrons. The van der Waals surface area contributed by atoms with Crippen molar-refractivity contribution < 1.29 is 28.5 Å². The SMILES string of the molecule is CCCCCCCCCCCCCCCCCCC(CCCCCCCCCCCCCC)C1(C2(C3(OP(O)O)CCO3)CCO2)CCO1. The van der Waals surface area contributed by atoms with Crippen LogP contribution in [-0.4, -0.2) is 46.6 Å². The molecule has 0 aromatic heterocycles. The fraction of sp³-hybridized carbons (Fsp3) is 1.00. The molecule has 0 saturated carbocycles. The predicted molar refractivity (Wildman–Crippen MR) is 206 cm³/mol. The van der Waals surface area contributed by atoms with Gasteiger partial charge in [0.1, 0.15) is 5.60 Å². The first-order valence-corrected chi connectivity index (χ1v) is 23.0. The van der Waals surface area contributed by atoms with Gasteiger partial charge in [-0.25, -0.2) is 0 Å². The van der Waals surface area contributed by atoms with E-state index in [-0.39, 0.29) is 0 Å². The van der Waals surface area contributed by atoms with Crippen molar-refractivity contribution in [3.05, 3.63) is 0 Å². The van der Waals surface area contributed by atoms with Crippen LogP contribution >= 0.6 is 8.60 Å². The summed E-state index contributed by atoms with van der Waals surface area (Å²) in [6.45, 7) is 6.54. The normalized spacial score (nSPS) is 25.7. The zero-order chi connectivity index (χ0) is 34.9. The van der Waals surface area contributed by atoms with Crippen molar-refractivity contribution in [2.24, 2.45) is 5.92 Å². The lowest BCUT2D eigenvalue weighted by atomic mass is 9.58. The zero-order valence-corrected chi connectivity index (χ0v) is 33.4. The summed E-state index contributed by atoms with van der Waals surface area (Å²) in [5, 5.41) is 0. The molecular weight excluding hydrogens is 631 g/mol. The van der Waals surface area contributed by atoms with Gasteiger partial charge in [0.05, 0.1) is 19.8 Å².